The highest BCUT2D eigenvalue weighted by molar-refractivity contribution is 5.95. The zero-order chi connectivity index (χ0) is 17.8. The van der Waals surface area contributed by atoms with Gasteiger partial charge < -0.3 is 19.1 Å². The van der Waals surface area contributed by atoms with Crippen LogP contribution in [0.25, 0.3) is 0 Å². The Labute approximate surface area is 145 Å². The molecule has 1 unspecified atom stereocenters. The van der Waals surface area contributed by atoms with E-state index < -0.39 is 6.10 Å². The molecule has 6 heteroatoms. The molecule has 0 radical (unpaired) electrons. The lowest BCUT2D eigenvalue weighted by molar-refractivity contribution is -0.0243. The van der Waals surface area contributed by atoms with Crippen LogP contribution in [-0.2, 0) is 4.74 Å². The average molecular weight is 345 g/mol. The number of amides is 1. The van der Waals surface area contributed by atoms with E-state index in [2.05, 4.69) is 0 Å². The Morgan fingerprint density at radius 2 is 1.92 bits per heavy atom. The van der Waals surface area contributed by atoms with Crippen molar-refractivity contribution in [2.75, 3.05) is 33.9 Å². The number of hydrogen-bond donors (Lipinski definition) is 0. The molecule has 3 rings (SSSR count). The summed E-state index contributed by atoms with van der Waals surface area (Å²) in [5.74, 6) is 0.580. The van der Waals surface area contributed by atoms with Gasteiger partial charge in [0.25, 0.3) is 5.91 Å². The summed E-state index contributed by atoms with van der Waals surface area (Å²) in [5, 5.41) is 0. The summed E-state index contributed by atoms with van der Waals surface area (Å²) >= 11 is 0. The second-order valence-electron chi connectivity index (χ2n) is 5.70. The van der Waals surface area contributed by atoms with Gasteiger partial charge in [-0.25, -0.2) is 4.39 Å². The van der Waals surface area contributed by atoms with Crippen molar-refractivity contribution >= 4 is 5.91 Å². The van der Waals surface area contributed by atoms with Crippen molar-refractivity contribution in [1.82, 2.24) is 4.90 Å². The van der Waals surface area contributed by atoms with E-state index in [4.69, 9.17) is 14.2 Å². The largest absolute Gasteiger partial charge is 0.493 e. The summed E-state index contributed by atoms with van der Waals surface area (Å²) < 4.78 is 30.1. The molecule has 0 saturated carbocycles. The quantitative estimate of drug-likeness (QED) is 0.855. The Morgan fingerprint density at radius 1 is 1.16 bits per heavy atom. The zero-order valence-electron chi connectivity index (χ0n) is 14.2. The molecule has 1 saturated heterocycles. The van der Waals surface area contributed by atoms with E-state index in [1.165, 1.54) is 13.2 Å². The maximum Gasteiger partial charge on any atom is 0.254 e. The van der Waals surface area contributed by atoms with E-state index in [0.717, 1.165) is 0 Å². The molecule has 0 aromatic heterocycles. The molecule has 2 aromatic carbocycles. The molecule has 1 amide bonds. The number of nitrogens with zero attached hydrogens (tertiary/aromatic N) is 1. The lowest BCUT2D eigenvalue weighted by Gasteiger charge is -2.33. The smallest absolute Gasteiger partial charge is 0.254 e. The summed E-state index contributed by atoms with van der Waals surface area (Å²) in [7, 11) is 3.06. The highest BCUT2D eigenvalue weighted by Gasteiger charge is 2.28. The van der Waals surface area contributed by atoms with Crippen LogP contribution in [0.1, 0.15) is 22.0 Å². The number of rotatable bonds is 4. The minimum Gasteiger partial charge on any atom is -0.493 e. The van der Waals surface area contributed by atoms with E-state index in [9.17, 15) is 9.18 Å². The maximum atomic E-state index is 14.0. The number of halogens is 1. The van der Waals surface area contributed by atoms with Gasteiger partial charge in [-0.1, -0.05) is 18.2 Å². The molecule has 1 aliphatic rings. The molecular weight excluding hydrogens is 325 g/mol. The lowest BCUT2D eigenvalue weighted by Crippen LogP contribution is -2.42. The van der Waals surface area contributed by atoms with Crippen molar-refractivity contribution in [2.24, 2.45) is 0 Å². The molecule has 1 fully saturated rings. The minimum atomic E-state index is -0.473. The number of carbonyl (C=O) groups excluding carboxylic acids is 1. The van der Waals surface area contributed by atoms with Gasteiger partial charge in [-0.15, -0.1) is 0 Å². The molecule has 2 aromatic rings. The number of carbonyl (C=O) groups is 1. The van der Waals surface area contributed by atoms with Gasteiger partial charge in [0, 0.05) is 17.7 Å². The van der Waals surface area contributed by atoms with Crippen LogP contribution in [0, 0.1) is 5.82 Å². The monoisotopic (exact) mass is 345 g/mol. The standard InChI is InChI=1S/C19H20FNO4/c1-23-16-8-7-13(11-17(16)24-2)19(22)21-9-10-25-18(12-21)14-5-3-4-6-15(14)20/h3-8,11,18H,9-10,12H2,1-2H3. The van der Waals surface area contributed by atoms with E-state index in [-0.39, 0.29) is 11.7 Å². The number of methoxy groups -OCH3 is 2. The fourth-order valence-corrected chi connectivity index (χ4v) is 2.91. The fourth-order valence-electron chi connectivity index (χ4n) is 2.91. The minimum absolute atomic E-state index is 0.148. The van der Waals surface area contributed by atoms with Gasteiger partial charge in [-0.3, -0.25) is 4.79 Å². The van der Waals surface area contributed by atoms with Crippen molar-refractivity contribution in [3.05, 3.63) is 59.4 Å². The Morgan fingerprint density at radius 3 is 2.64 bits per heavy atom. The van der Waals surface area contributed by atoms with Crippen LogP contribution in [-0.4, -0.2) is 44.7 Å². The topological polar surface area (TPSA) is 48.0 Å². The molecule has 1 heterocycles. The van der Waals surface area contributed by atoms with Crippen LogP contribution in [0.2, 0.25) is 0 Å². The Hall–Kier alpha value is -2.60. The lowest BCUT2D eigenvalue weighted by atomic mass is 10.1. The van der Waals surface area contributed by atoms with Crippen molar-refractivity contribution in [1.29, 1.82) is 0 Å². The number of hydrogen-bond acceptors (Lipinski definition) is 4. The summed E-state index contributed by atoms with van der Waals surface area (Å²) in [6.07, 6.45) is -0.473. The summed E-state index contributed by atoms with van der Waals surface area (Å²) in [5.41, 5.74) is 0.958. The first kappa shape index (κ1) is 17.2. The predicted molar refractivity (Wildman–Crippen MR) is 90.5 cm³/mol. The van der Waals surface area contributed by atoms with Gasteiger partial charge in [0.05, 0.1) is 27.4 Å². The van der Waals surface area contributed by atoms with Gasteiger partial charge in [0.1, 0.15) is 11.9 Å². The molecule has 1 aliphatic heterocycles. The SMILES string of the molecule is COc1ccc(C(=O)N2CCOC(c3ccccc3F)C2)cc1OC. The third kappa shape index (κ3) is 3.58. The molecule has 0 aliphatic carbocycles. The Kier molecular flexibility index (Phi) is 5.19. The molecular formula is C19H20FNO4. The zero-order valence-corrected chi connectivity index (χ0v) is 14.2. The Bertz CT molecular complexity index is 765. The molecule has 5 nitrogen and oxygen atoms in total. The van der Waals surface area contributed by atoms with E-state index in [0.29, 0.717) is 42.3 Å². The first-order valence-corrected chi connectivity index (χ1v) is 8.01. The third-order valence-electron chi connectivity index (χ3n) is 4.24. The van der Waals surface area contributed by atoms with Gasteiger partial charge in [0.2, 0.25) is 0 Å². The number of benzene rings is 2. The molecule has 25 heavy (non-hydrogen) atoms. The first-order valence-electron chi connectivity index (χ1n) is 8.01. The number of morpholine rings is 1. The van der Waals surface area contributed by atoms with Crippen LogP contribution in [0.15, 0.2) is 42.5 Å². The van der Waals surface area contributed by atoms with E-state index in [1.807, 2.05) is 0 Å². The van der Waals surface area contributed by atoms with Gasteiger partial charge in [-0.2, -0.15) is 0 Å². The highest BCUT2D eigenvalue weighted by atomic mass is 19.1. The Balaban J connectivity index is 1.79. The molecule has 132 valence electrons. The molecule has 0 spiro atoms. The maximum absolute atomic E-state index is 14.0. The predicted octanol–water partition coefficient (Wildman–Crippen LogP) is 3.06. The number of ether oxygens (including phenoxy) is 3. The van der Waals surface area contributed by atoms with Gasteiger partial charge in [-0.05, 0) is 24.3 Å². The normalized spacial score (nSPS) is 17.2. The van der Waals surface area contributed by atoms with Crippen LogP contribution in [0.3, 0.4) is 0 Å². The second kappa shape index (κ2) is 7.53. The fraction of sp³-hybridized carbons (Fsp3) is 0.316. The van der Waals surface area contributed by atoms with Crippen LogP contribution in [0.5, 0.6) is 11.5 Å². The van der Waals surface area contributed by atoms with E-state index in [1.54, 1.807) is 48.4 Å². The second-order valence-corrected chi connectivity index (χ2v) is 5.70. The van der Waals surface area contributed by atoms with Gasteiger partial charge >= 0.3 is 0 Å². The van der Waals surface area contributed by atoms with Crippen molar-refractivity contribution in [2.45, 2.75) is 6.10 Å². The van der Waals surface area contributed by atoms with Crippen molar-refractivity contribution in [3.8, 4) is 11.5 Å². The summed E-state index contributed by atoms with van der Waals surface area (Å²) in [6.45, 7) is 1.12. The third-order valence-corrected chi connectivity index (χ3v) is 4.24. The summed E-state index contributed by atoms with van der Waals surface area (Å²) in [4.78, 5) is 14.5. The average Bonchev–Trinajstić information content (AvgIpc) is 2.67. The summed E-state index contributed by atoms with van der Waals surface area (Å²) in [6, 6.07) is 11.5. The molecule has 0 bridgehead atoms. The van der Waals surface area contributed by atoms with Crippen molar-refractivity contribution < 1.29 is 23.4 Å². The molecule has 1 atom stereocenters. The van der Waals surface area contributed by atoms with Crippen LogP contribution < -0.4 is 9.47 Å². The van der Waals surface area contributed by atoms with Gasteiger partial charge in [0.15, 0.2) is 11.5 Å². The van der Waals surface area contributed by atoms with Crippen LogP contribution in [0.4, 0.5) is 4.39 Å². The molecule has 0 N–H and O–H groups in total. The van der Waals surface area contributed by atoms with Crippen molar-refractivity contribution in [3.63, 3.8) is 0 Å². The van der Waals surface area contributed by atoms with E-state index >= 15 is 0 Å². The van der Waals surface area contributed by atoms with Crippen LogP contribution >= 0.6 is 0 Å². The first-order chi connectivity index (χ1) is 12.1. The highest BCUT2D eigenvalue weighted by Crippen LogP contribution is 2.29.